The predicted octanol–water partition coefficient (Wildman–Crippen LogP) is 4.70. The Morgan fingerprint density at radius 2 is 1.87 bits per heavy atom. The number of carboxylic acids is 1. The van der Waals surface area contributed by atoms with Gasteiger partial charge in [0.25, 0.3) is 0 Å². The highest BCUT2D eigenvalue weighted by Crippen LogP contribution is 2.39. The van der Waals surface area contributed by atoms with Crippen LogP contribution in [0.3, 0.4) is 0 Å². The number of benzene rings is 1. The zero-order valence-electron chi connectivity index (χ0n) is 21.7. The molecule has 1 aromatic heterocycles. The minimum Gasteiger partial charge on any atom is -0.477 e. The van der Waals surface area contributed by atoms with Gasteiger partial charge in [-0.1, -0.05) is 37.2 Å². The molecule has 4 rings (SSSR count). The molecule has 8 nitrogen and oxygen atoms in total. The Morgan fingerprint density at radius 3 is 2.50 bits per heavy atom. The van der Waals surface area contributed by atoms with Gasteiger partial charge in [0.2, 0.25) is 15.9 Å². The summed E-state index contributed by atoms with van der Waals surface area (Å²) in [5, 5.41) is 19.2. The summed E-state index contributed by atoms with van der Waals surface area (Å²) in [6.07, 6.45) is 4.67. The molecule has 1 aliphatic heterocycles. The number of carboxylic acid groups (broad SMARTS) is 1. The normalized spacial score (nSPS) is 19.5. The number of anilines is 1. The molecule has 2 aromatic rings. The van der Waals surface area contributed by atoms with Crippen molar-refractivity contribution < 1.29 is 23.1 Å². The second kappa shape index (κ2) is 10.9. The van der Waals surface area contributed by atoms with Crippen LogP contribution in [0.15, 0.2) is 35.2 Å². The van der Waals surface area contributed by atoms with Gasteiger partial charge in [-0.3, -0.25) is 4.79 Å². The maximum atomic E-state index is 13.7. The Bertz CT molecular complexity index is 1450. The molecule has 38 heavy (non-hydrogen) atoms. The lowest BCUT2D eigenvalue weighted by atomic mass is 9.82. The maximum Gasteiger partial charge on any atom is 0.348 e. The summed E-state index contributed by atoms with van der Waals surface area (Å²) in [5.41, 5.74) is 0.217. The van der Waals surface area contributed by atoms with Crippen LogP contribution < -0.4 is 4.90 Å². The van der Waals surface area contributed by atoms with Crippen molar-refractivity contribution in [1.29, 1.82) is 5.26 Å². The molecule has 1 aliphatic carbocycles. The third kappa shape index (κ3) is 5.94. The fraction of sp³-hybridized carbons (Fsp3) is 0.464. The van der Waals surface area contributed by atoms with Crippen molar-refractivity contribution in [3.63, 3.8) is 0 Å². The number of aromatic carboxylic acids is 1. The van der Waals surface area contributed by atoms with Crippen molar-refractivity contribution in [2.45, 2.75) is 63.8 Å². The molecule has 2 heterocycles. The summed E-state index contributed by atoms with van der Waals surface area (Å²) < 4.78 is 28.3. The molecule has 1 N–H and O–H groups in total. The Balaban J connectivity index is 1.76. The Kier molecular flexibility index (Phi) is 7.98. The van der Waals surface area contributed by atoms with Gasteiger partial charge in [0.05, 0.1) is 39.7 Å². The van der Waals surface area contributed by atoms with E-state index in [4.69, 9.17) is 0 Å². The van der Waals surface area contributed by atoms with Crippen LogP contribution in [-0.4, -0.2) is 48.8 Å². The first-order valence-corrected chi connectivity index (χ1v) is 14.9. The van der Waals surface area contributed by atoms with Crippen LogP contribution in [0.25, 0.3) is 0 Å². The highest BCUT2D eigenvalue weighted by molar-refractivity contribution is 7.89. The predicted molar refractivity (Wildman–Crippen MR) is 145 cm³/mol. The van der Waals surface area contributed by atoms with Crippen LogP contribution in [-0.2, 0) is 14.8 Å². The fourth-order valence-corrected chi connectivity index (χ4v) is 7.34. The largest absolute Gasteiger partial charge is 0.477 e. The average molecular weight is 554 g/mol. The average Bonchev–Trinajstić information content (AvgIpc) is 3.31. The Morgan fingerprint density at radius 1 is 1.16 bits per heavy atom. The highest BCUT2D eigenvalue weighted by atomic mass is 32.2. The van der Waals surface area contributed by atoms with Crippen LogP contribution in [0.5, 0.6) is 0 Å². The van der Waals surface area contributed by atoms with Crippen LogP contribution in [0.1, 0.15) is 73.0 Å². The summed E-state index contributed by atoms with van der Waals surface area (Å²) in [6, 6.07) is 8.86. The number of thiophene rings is 1. The zero-order valence-corrected chi connectivity index (χ0v) is 23.4. The van der Waals surface area contributed by atoms with Gasteiger partial charge in [-0.05, 0) is 63.8 Å². The number of nitrogens with zero attached hydrogens (tertiary/aromatic N) is 3. The Labute approximate surface area is 227 Å². The van der Waals surface area contributed by atoms with Gasteiger partial charge >= 0.3 is 5.97 Å². The highest BCUT2D eigenvalue weighted by Gasteiger charge is 2.44. The van der Waals surface area contributed by atoms with E-state index in [2.05, 4.69) is 11.8 Å². The number of piperazine rings is 1. The lowest BCUT2D eigenvalue weighted by molar-refractivity contribution is -0.121. The number of nitriles is 1. The van der Waals surface area contributed by atoms with Crippen LogP contribution in [0.4, 0.5) is 5.69 Å². The lowest BCUT2D eigenvalue weighted by Crippen LogP contribution is -2.60. The monoisotopic (exact) mass is 553 g/mol. The van der Waals surface area contributed by atoms with Crippen molar-refractivity contribution in [2.24, 2.45) is 11.3 Å². The number of amides is 1. The number of hydrogen-bond acceptors (Lipinski definition) is 6. The van der Waals surface area contributed by atoms with Gasteiger partial charge < -0.3 is 10.0 Å². The van der Waals surface area contributed by atoms with E-state index in [9.17, 15) is 28.4 Å². The molecular formula is C28H31N3O5S2. The molecular weight excluding hydrogens is 522 g/mol. The van der Waals surface area contributed by atoms with Crippen molar-refractivity contribution in [3.8, 4) is 17.9 Å². The third-order valence-corrected chi connectivity index (χ3v) is 9.66. The molecule has 0 spiro atoms. The number of sulfonamides is 1. The molecule has 1 saturated carbocycles. The molecule has 0 unspecified atom stereocenters. The number of carbonyl (C=O) groups excluding carboxylic acids is 1. The van der Waals surface area contributed by atoms with E-state index in [1.165, 1.54) is 33.5 Å². The maximum absolute atomic E-state index is 13.7. The summed E-state index contributed by atoms with van der Waals surface area (Å²) >= 11 is 1.03. The summed E-state index contributed by atoms with van der Waals surface area (Å²) in [5.74, 6) is 4.58. The van der Waals surface area contributed by atoms with Gasteiger partial charge in [0, 0.05) is 12.0 Å². The molecule has 10 heteroatoms. The molecule has 1 amide bonds. The Hall–Kier alpha value is -3.18. The van der Waals surface area contributed by atoms with Crippen molar-refractivity contribution in [3.05, 3.63) is 45.6 Å². The lowest BCUT2D eigenvalue weighted by Gasteiger charge is -2.44. The van der Waals surface area contributed by atoms with E-state index in [1.807, 2.05) is 26.8 Å². The van der Waals surface area contributed by atoms with Gasteiger partial charge in [-0.25, -0.2) is 13.2 Å². The molecule has 0 bridgehead atoms. The molecule has 200 valence electrons. The number of carbonyl (C=O) groups is 2. The second-order valence-electron chi connectivity index (χ2n) is 10.8. The van der Waals surface area contributed by atoms with Crippen LogP contribution >= 0.6 is 11.3 Å². The summed E-state index contributed by atoms with van der Waals surface area (Å²) in [7, 11) is -4.05. The molecule has 1 aromatic carbocycles. The van der Waals surface area contributed by atoms with Gasteiger partial charge in [-0.2, -0.15) is 9.57 Å². The first-order valence-electron chi connectivity index (χ1n) is 12.6. The first-order chi connectivity index (χ1) is 17.9. The fourth-order valence-electron chi connectivity index (χ4n) is 5.04. The third-order valence-electron chi connectivity index (χ3n) is 6.82. The molecule has 1 atom stereocenters. The SMILES string of the molecule is CC(C)(C)C#Cc1cc(N2C(=O)CN(S(=O)(=O)c3cccc(C#N)c3)C[C@H]2C2CCCCC2)c(C(=O)O)s1. The van der Waals surface area contributed by atoms with E-state index in [0.717, 1.165) is 43.4 Å². The molecule has 1 saturated heterocycles. The zero-order chi connectivity index (χ0) is 27.7. The number of rotatable bonds is 5. The van der Waals surface area contributed by atoms with Crippen molar-refractivity contribution in [1.82, 2.24) is 4.31 Å². The summed E-state index contributed by atoms with van der Waals surface area (Å²) in [6.45, 7) is 5.51. The van der Waals surface area contributed by atoms with E-state index >= 15 is 0 Å². The second-order valence-corrected chi connectivity index (χ2v) is 13.8. The molecule has 0 radical (unpaired) electrons. The van der Waals surface area contributed by atoms with E-state index in [-0.39, 0.29) is 38.9 Å². The van der Waals surface area contributed by atoms with Crippen molar-refractivity contribution >= 4 is 38.9 Å². The van der Waals surface area contributed by atoms with E-state index in [0.29, 0.717) is 4.88 Å². The minimum atomic E-state index is -4.05. The first kappa shape index (κ1) is 27.8. The van der Waals surface area contributed by atoms with E-state index < -0.39 is 34.5 Å². The van der Waals surface area contributed by atoms with Crippen LogP contribution in [0.2, 0.25) is 0 Å². The van der Waals surface area contributed by atoms with Gasteiger partial charge in [0.15, 0.2) is 0 Å². The number of hydrogen-bond donors (Lipinski definition) is 1. The topological polar surface area (TPSA) is 119 Å². The minimum absolute atomic E-state index is 0.0235. The molecule has 2 fully saturated rings. The smallest absolute Gasteiger partial charge is 0.348 e. The summed E-state index contributed by atoms with van der Waals surface area (Å²) in [4.78, 5) is 28.0. The quantitative estimate of drug-likeness (QED) is 0.536. The van der Waals surface area contributed by atoms with Crippen molar-refractivity contribution in [2.75, 3.05) is 18.0 Å². The van der Waals surface area contributed by atoms with Gasteiger partial charge in [0.1, 0.15) is 4.88 Å². The molecule has 2 aliphatic rings. The van der Waals surface area contributed by atoms with Crippen LogP contribution in [0, 0.1) is 34.5 Å². The van der Waals surface area contributed by atoms with Gasteiger partial charge in [-0.15, -0.1) is 11.3 Å². The van der Waals surface area contributed by atoms with E-state index in [1.54, 1.807) is 6.07 Å². The standard InChI is InChI=1S/C28H31N3O5S2/c1-28(2,3)13-12-21-15-23(26(37-21)27(33)34)31-24(20-9-5-4-6-10-20)17-30(18-25(31)32)38(35,36)22-11-7-8-19(14-22)16-29/h7-8,11,14-15,20,24H,4-6,9-10,17-18H2,1-3H3,(H,33,34)/t24-/m0/s1.